The van der Waals surface area contributed by atoms with E-state index < -0.39 is 24.3 Å². The summed E-state index contributed by atoms with van der Waals surface area (Å²) >= 11 is 6.12. The first kappa shape index (κ1) is 21.3. The van der Waals surface area contributed by atoms with Crippen LogP contribution in [0.1, 0.15) is 18.4 Å². The number of carbonyl (C=O) groups excluding carboxylic acids is 1. The lowest BCUT2D eigenvalue weighted by molar-refractivity contribution is -0.137. The highest BCUT2D eigenvalue weighted by molar-refractivity contribution is 6.30. The number of aliphatic hydroxyl groups excluding tert-OH is 1. The average Bonchev–Trinajstić information content (AvgIpc) is 3.56. The number of halogens is 1. The van der Waals surface area contributed by atoms with E-state index in [9.17, 15) is 9.90 Å². The summed E-state index contributed by atoms with van der Waals surface area (Å²) in [6.45, 7) is 0.386. The Morgan fingerprint density at radius 1 is 1.36 bits per heavy atom. The quantitative estimate of drug-likeness (QED) is 0.387. The summed E-state index contributed by atoms with van der Waals surface area (Å²) in [6, 6.07) is 5.36. The highest BCUT2D eigenvalue weighted by Crippen LogP contribution is 2.33. The number of aliphatic hydroxyl groups is 1. The third kappa shape index (κ3) is 4.13. The minimum atomic E-state index is -0.979. The Labute approximate surface area is 192 Å². The lowest BCUT2D eigenvalue weighted by Crippen LogP contribution is -2.38. The molecule has 5 heterocycles. The third-order valence-electron chi connectivity index (χ3n) is 5.31. The number of rotatable bonds is 6. The summed E-state index contributed by atoms with van der Waals surface area (Å²) in [5.41, 5.74) is 1.59. The number of imidazole rings is 1. The van der Waals surface area contributed by atoms with Crippen LogP contribution in [0.15, 0.2) is 47.6 Å². The van der Waals surface area contributed by atoms with Crippen molar-refractivity contribution in [1.82, 2.24) is 29.8 Å². The summed E-state index contributed by atoms with van der Waals surface area (Å²) in [4.78, 5) is 29.9. The fourth-order valence-electron chi connectivity index (χ4n) is 3.70. The number of aromatic nitrogens is 5. The number of amides is 1. The fourth-order valence-corrected chi connectivity index (χ4v) is 3.88. The molecule has 0 unspecified atom stereocenters. The van der Waals surface area contributed by atoms with Crippen molar-refractivity contribution in [2.24, 2.45) is 0 Å². The first-order valence-corrected chi connectivity index (χ1v) is 10.6. The molecule has 1 aliphatic heterocycles. The Morgan fingerprint density at radius 2 is 2.24 bits per heavy atom. The molecule has 170 valence electrons. The monoisotopic (exact) mass is 469 g/mol. The molecule has 3 atom stereocenters. The van der Waals surface area contributed by atoms with E-state index in [4.69, 9.17) is 20.8 Å². The van der Waals surface area contributed by atoms with Crippen LogP contribution in [0.25, 0.3) is 22.6 Å². The first-order chi connectivity index (χ1) is 16.0. The summed E-state index contributed by atoms with van der Waals surface area (Å²) < 4.78 is 12.9. The van der Waals surface area contributed by atoms with Crippen LogP contribution in [0.3, 0.4) is 0 Å². The molecule has 0 aliphatic carbocycles. The lowest BCUT2D eigenvalue weighted by atomic mass is 10.1. The fraction of sp³-hybridized carbons (Fsp3) is 0.286. The number of furan rings is 1. The molecule has 4 aromatic rings. The van der Waals surface area contributed by atoms with Gasteiger partial charge in [0.1, 0.15) is 12.0 Å². The van der Waals surface area contributed by atoms with Crippen LogP contribution in [0.2, 0.25) is 5.02 Å². The van der Waals surface area contributed by atoms with Gasteiger partial charge in [-0.1, -0.05) is 11.6 Å². The van der Waals surface area contributed by atoms with Gasteiger partial charge in [0.05, 0.1) is 30.3 Å². The SMILES string of the molecule is CNC(=O)[C@H]1O[C@@H](n2cnc3c(NCc4ccco4)nc(-c4cncc(Cl)c4)nc32)C[C@@H]1O. The summed E-state index contributed by atoms with van der Waals surface area (Å²) in [5, 5.41) is 16.5. The number of hydrogen-bond acceptors (Lipinski definition) is 9. The molecule has 11 nitrogen and oxygen atoms in total. The number of hydrogen-bond donors (Lipinski definition) is 3. The molecular formula is C21H20ClN7O4. The van der Waals surface area contributed by atoms with Gasteiger partial charge in [0.2, 0.25) is 0 Å². The number of pyridine rings is 1. The maximum absolute atomic E-state index is 12.0. The predicted molar refractivity (Wildman–Crippen MR) is 118 cm³/mol. The van der Waals surface area contributed by atoms with Gasteiger partial charge < -0.3 is 24.9 Å². The Kier molecular flexibility index (Phi) is 5.67. The second-order valence-corrected chi connectivity index (χ2v) is 7.91. The zero-order valence-electron chi connectivity index (χ0n) is 17.5. The van der Waals surface area contributed by atoms with E-state index in [-0.39, 0.29) is 6.42 Å². The predicted octanol–water partition coefficient (Wildman–Crippen LogP) is 2.14. The lowest BCUT2D eigenvalue weighted by Gasteiger charge is -2.15. The van der Waals surface area contributed by atoms with Gasteiger partial charge in [-0.3, -0.25) is 14.3 Å². The second-order valence-electron chi connectivity index (χ2n) is 7.47. The van der Waals surface area contributed by atoms with Crippen LogP contribution >= 0.6 is 11.6 Å². The van der Waals surface area contributed by atoms with Crippen LogP contribution in [-0.4, -0.2) is 54.8 Å². The molecule has 5 rings (SSSR count). The Balaban J connectivity index is 1.56. The molecular weight excluding hydrogens is 450 g/mol. The third-order valence-corrected chi connectivity index (χ3v) is 5.51. The number of anilines is 1. The number of carbonyl (C=O) groups is 1. The average molecular weight is 470 g/mol. The van der Waals surface area contributed by atoms with Crippen LogP contribution < -0.4 is 10.6 Å². The maximum Gasteiger partial charge on any atom is 0.251 e. The van der Waals surface area contributed by atoms with Crippen LogP contribution in [0, 0.1) is 0 Å². The number of fused-ring (bicyclic) bond motifs is 1. The van der Waals surface area contributed by atoms with Crippen molar-refractivity contribution in [1.29, 1.82) is 0 Å². The van der Waals surface area contributed by atoms with E-state index >= 15 is 0 Å². The molecule has 0 aromatic carbocycles. The van der Waals surface area contributed by atoms with E-state index in [0.717, 1.165) is 5.76 Å². The van der Waals surface area contributed by atoms with Crippen molar-refractivity contribution >= 4 is 34.5 Å². The van der Waals surface area contributed by atoms with Gasteiger partial charge in [-0.2, -0.15) is 0 Å². The van der Waals surface area contributed by atoms with Crippen LogP contribution in [-0.2, 0) is 16.1 Å². The second kappa shape index (κ2) is 8.77. The molecule has 12 heteroatoms. The van der Waals surface area contributed by atoms with Gasteiger partial charge in [0.25, 0.3) is 5.91 Å². The van der Waals surface area contributed by atoms with E-state index in [0.29, 0.717) is 39.9 Å². The topological polar surface area (TPSA) is 140 Å². The van der Waals surface area contributed by atoms with E-state index in [1.807, 2.05) is 6.07 Å². The maximum atomic E-state index is 12.0. The molecule has 3 N–H and O–H groups in total. The Hall–Kier alpha value is -3.54. The minimum absolute atomic E-state index is 0.205. The van der Waals surface area contributed by atoms with E-state index in [2.05, 4.69) is 30.6 Å². The van der Waals surface area contributed by atoms with Crippen molar-refractivity contribution in [3.8, 4) is 11.4 Å². The summed E-state index contributed by atoms with van der Waals surface area (Å²) in [6.07, 6.45) is 3.92. The zero-order chi connectivity index (χ0) is 22.9. The molecule has 0 radical (unpaired) electrons. The van der Waals surface area contributed by atoms with Crippen molar-refractivity contribution in [2.75, 3.05) is 12.4 Å². The van der Waals surface area contributed by atoms with Crippen LogP contribution in [0.5, 0.6) is 0 Å². The van der Waals surface area contributed by atoms with Crippen molar-refractivity contribution < 1.29 is 19.1 Å². The first-order valence-electron chi connectivity index (χ1n) is 10.2. The molecule has 1 amide bonds. The smallest absolute Gasteiger partial charge is 0.251 e. The van der Waals surface area contributed by atoms with E-state index in [1.165, 1.54) is 13.2 Å². The highest BCUT2D eigenvalue weighted by Gasteiger charge is 2.40. The Morgan fingerprint density at radius 3 is 3.00 bits per heavy atom. The van der Waals surface area contributed by atoms with Gasteiger partial charge in [-0.25, -0.2) is 15.0 Å². The van der Waals surface area contributed by atoms with Crippen molar-refractivity contribution in [2.45, 2.75) is 31.4 Å². The normalized spacial score (nSPS) is 20.3. The number of ether oxygens (including phenoxy) is 1. The molecule has 1 aliphatic rings. The molecule has 0 saturated carbocycles. The molecule has 0 spiro atoms. The standard InChI is InChI=1S/C21H20ClN7O4/c1-23-21(31)17-14(30)6-15(33-17)29-10-26-16-19(25-9-13-3-2-4-32-13)27-18(28-20(16)29)11-5-12(22)8-24-7-11/h2-5,7-8,10,14-15,17,30H,6,9H2,1H3,(H,23,31)(H,25,27,28)/t14-,15+,17-/m0/s1. The van der Waals surface area contributed by atoms with Gasteiger partial charge in [-0.05, 0) is 18.2 Å². The molecule has 33 heavy (non-hydrogen) atoms. The summed E-state index contributed by atoms with van der Waals surface area (Å²) in [7, 11) is 1.49. The molecule has 1 fully saturated rings. The molecule has 4 aromatic heterocycles. The zero-order valence-corrected chi connectivity index (χ0v) is 18.2. The highest BCUT2D eigenvalue weighted by atomic mass is 35.5. The number of nitrogens with zero attached hydrogens (tertiary/aromatic N) is 5. The van der Waals surface area contributed by atoms with Crippen LogP contribution in [0.4, 0.5) is 5.82 Å². The Bertz CT molecular complexity index is 1290. The van der Waals surface area contributed by atoms with Gasteiger partial charge in [0.15, 0.2) is 28.9 Å². The van der Waals surface area contributed by atoms with Gasteiger partial charge in [-0.15, -0.1) is 0 Å². The summed E-state index contributed by atoms with van der Waals surface area (Å²) in [5.74, 6) is 1.19. The largest absolute Gasteiger partial charge is 0.467 e. The van der Waals surface area contributed by atoms with Gasteiger partial charge >= 0.3 is 0 Å². The molecule has 0 bridgehead atoms. The minimum Gasteiger partial charge on any atom is -0.467 e. The van der Waals surface area contributed by atoms with Gasteiger partial charge in [0, 0.05) is 31.4 Å². The number of nitrogens with one attached hydrogen (secondary N) is 2. The number of likely N-dealkylation sites (N-methyl/N-ethyl adjacent to an activating group) is 1. The molecule has 1 saturated heterocycles. The van der Waals surface area contributed by atoms with E-state index in [1.54, 1.807) is 35.5 Å². The van der Waals surface area contributed by atoms with Crippen molar-refractivity contribution in [3.05, 3.63) is 54.0 Å². The van der Waals surface area contributed by atoms with Crippen molar-refractivity contribution in [3.63, 3.8) is 0 Å².